The Bertz CT molecular complexity index is 1310. The van der Waals surface area contributed by atoms with Crippen molar-refractivity contribution in [3.05, 3.63) is 99.6 Å². The molecule has 156 valence electrons. The van der Waals surface area contributed by atoms with Gasteiger partial charge >= 0.3 is 0 Å². The van der Waals surface area contributed by atoms with Crippen molar-refractivity contribution in [3.8, 4) is 5.75 Å². The van der Waals surface area contributed by atoms with Crippen molar-refractivity contribution in [1.82, 2.24) is 9.97 Å². The number of nitrogens with one attached hydrogen (secondary N) is 1. The summed E-state index contributed by atoms with van der Waals surface area (Å²) >= 11 is 0. The minimum absolute atomic E-state index is 0.134. The molecule has 0 radical (unpaired) electrons. The van der Waals surface area contributed by atoms with Crippen LogP contribution < -0.4 is 15.2 Å². The number of hydrogen-bond donors (Lipinski definition) is 1. The molecule has 1 amide bonds. The maximum Gasteiger partial charge on any atom is 0.260 e. The van der Waals surface area contributed by atoms with Crippen molar-refractivity contribution in [2.75, 3.05) is 12.0 Å². The zero-order chi connectivity index (χ0) is 22.0. The summed E-state index contributed by atoms with van der Waals surface area (Å²) in [6.07, 6.45) is 3.16. The van der Waals surface area contributed by atoms with Gasteiger partial charge in [0.2, 0.25) is 0 Å². The van der Waals surface area contributed by atoms with Gasteiger partial charge in [-0.15, -0.1) is 0 Å². The van der Waals surface area contributed by atoms with E-state index in [0.717, 1.165) is 22.2 Å². The molecule has 0 aliphatic heterocycles. The number of H-pyrrole nitrogens is 1. The number of fused-ring (bicyclic) bond motifs is 1. The third-order valence-electron chi connectivity index (χ3n) is 5.26. The van der Waals surface area contributed by atoms with Gasteiger partial charge in [-0.05, 0) is 61.2 Å². The molecule has 0 bridgehead atoms. The van der Waals surface area contributed by atoms with Crippen molar-refractivity contribution >= 4 is 22.5 Å². The number of nitrogens with zero attached hydrogens (tertiary/aromatic N) is 2. The number of rotatable bonds is 5. The highest BCUT2D eigenvalue weighted by atomic mass is 16.5. The fourth-order valence-electron chi connectivity index (χ4n) is 3.66. The molecule has 31 heavy (non-hydrogen) atoms. The first-order valence-electron chi connectivity index (χ1n) is 9.95. The third kappa shape index (κ3) is 4.19. The SMILES string of the molecule is COc1ccc2cc(CN(C(=O)c3cccnc3)c3ccc(C)cc3C)c(=O)[nH]c2c1. The Labute approximate surface area is 180 Å². The van der Waals surface area contributed by atoms with Crippen LogP contribution in [0.5, 0.6) is 5.75 Å². The fourth-order valence-corrected chi connectivity index (χ4v) is 3.66. The van der Waals surface area contributed by atoms with E-state index >= 15 is 0 Å². The van der Waals surface area contributed by atoms with Crippen molar-refractivity contribution in [3.63, 3.8) is 0 Å². The van der Waals surface area contributed by atoms with Crippen LogP contribution in [0.1, 0.15) is 27.0 Å². The lowest BCUT2D eigenvalue weighted by molar-refractivity contribution is 0.0984. The van der Waals surface area contributed by atoms with Crippen LogP contribution in [0.2, 0.25) is 0 Å². The average Bonchev–Trinajstić information content (AvgIpc) is 2.78. The van der Waals surface area contributed by atoms with Crippen molar-refractivity contribution in [2.24, 2.45) is 0 Å². The number of carbonyl (C=O) groups is 1. The molecule has 0 saturated heterocycles. The molecule has 0 aliphatic carbocycles. The van der Waals surface area contributed by atoms with Crippen LogP contribution in [0.15, 0.2) is 71.8 Å². The Morgan fingerprint density at radius 3 is 2.65 bits per heavy atom. The molecular weight excluding hydrogens is 390 g/mol. The molecule has 0 unspecified atom stereocenters. The number of carbonyl (C=O) groups excluding carboxylic acids is 1. The van der Waals surface area contributed by atoms with E-state index in [0.29, 0.717) is 22.4 Å². The molecule has 0 fully saturated rings. The fraction of sp³-hybridized carbons (Fsp3) is 0.160. The maximum atomic E-state index is 13.4. The number of aromatic amines is 1. The smallest absolute Gasteiger partial charge is 0.260 e. The van der Waals surface area contributed by atoms with Gasteiger partial charge in [0.1, 0.15) is 5.75 Å². The minimum Gasteiger partial charge on any atom is -0.497 e. The predicted molar refractivity (Wildman–Crippen MR) is 122 cm³/mol. The van der Waals surface area contributed by atoms with E-state index in [1.54, 1.807) is 36.4 Å². The van der Waals surface area contributed by atoms with Gasteiger partial charge in [-0.1, -0.05) is 17.7 Å². The molecule has 4 rings (SSSR count). The zero-order valence-electron chi connectivity index (χ0n) is 17.7. The number of hydrogen-bond acceptors (Lipinski definition) is 4. The molecule has 2 aromatic heterocycles. The first-order chi connectivity index (χ1) is 15.0. The lowest BCUT2D eigenvalue weighted by Crippen LogP contribution is -2.33. The van der Waals surface area contributed by atoms with Gasteiger partial charge in [0, 0.05) is 29.7 Å². The number of benzene rings is 2. The summed E-state index contributed by atoms with van der Waals surface area (Å²) in [4.78, 5) is 34.9. The monoisotopic (exact) mass is 413 g/mol. The molecule has 0 saturated carbocycles. The Hall–Kier alpha value is -3.93. The predicted octanol–water partition coefficient (Wildman–Crippen LogP) is 4.40. The molecule has 4 aromatic rings. The Kier molecular flexibility index (Phi) is 5.54. The highest BCUT2D eigenvalue weighted by Gasteiger charge is 2.21. The molecule has 6 heteroatoms. The molecule has 6 nitrogen and oxygen atoms in total. The number of aromatic nitrogens is 2. The standard InChI is InChI=1S/C25H23N3O3/c1-16-6-9-23(17(2)11-16)28(25(30)19-5-4-10-26-14-19)15-20-12-18-7-8-21(31-3)13-22(18)27-24(20)29/h4-14H,15H2,1-3H3,(H,27,29). The summed E-state index contributed by atoms with van der Waals surface area (Å²) < 4.78 is 5.24. The van der Waals surface area contributed by atoms with Gasteiger partial charge in [0.25, 0.3) is 11.5 Å². The minimum atomic E-state index is -0.241. The summed E-state index contributed by atoms with van der Waals surface area (Å²) in [5, 5.41) is 0.866. The Morgan fingerprint density at radius 2 is 1.94 bits per heavy atom. The number of aryl methyl sites for hydroxylation is 2. The summed E-state index contributed by atoms with van der Waals surface area (Å²) in [5.41, 5.74) is 4.22. The first kappa shape index (κ1) is 20.3. The number of pyridine rings is 2. The van der Waals surface area contributed by atoms with Gasteiger partial charge < -0.3 is 14.6 Å². The summed E-state index contributed by atoms with van der Waals surface area (Å²) in [7, 11) is 1.58. The van der Waals surface area contributed by atoms with Crippen LogP contribution in [0.3, 0.4) is 0 Å². The second kappa shape index (κ2) is 8.44. The number of anilines is 1. The molecule has 0 spiro atoms. The van der Waals surface area contributed by atoms with Crippen LogP contribution >= 0.6 is 0 Å². The van der Waals surface area contributed by atoms with E-state index < -0.39 is 0 Å². The molecule has 1 N–H and O–H groups in total. The zero-order valence-corrected chi connectivity index (χ0v) is 17.7. The van der Waals surface area contributed by atoms with Gasteiger partial charge in [-0.2, -0.15) is 0 Å². The quantitative estimate of drug-likeness (QED) is 0.526. The van der Waals surface area contributed by atoms with Crippen molar-refractivity contribution in [2.45, 2.75) is 20.4 Å². The van der Waals surface area contributed by atoms with Gasteiger partial charge in [-0.25, -0.2) is 0 Å². The molecule has 0 atom stereocenters. The van der Waals surface area contributed by atoms with E-state index in [-0.39, 0.29) is 18.0 Å². The maximum absolute atomic E-state index is 13.4. The Balaban J connectivity index is 1.80. The van der Waals surface area contributed by atoms with Crippen LogP contribution in [0.4, 0.5) is 5.69 Å². The van der Waals surface area contributed by atoms with Crippen LogP contribution in [-0.4, -0.2) is 23.0 Å². The van der Waals surface area contributed by atoms with Gasteiger partial charge in [0.05, 0.1) is 24.7 Å². The van der Waals surface area contributed by atoms with Crippen LogP contribution in [0.25, 0.3) is 10.9 Å². The summed E-state index contributed by atoms with van der Waals surface area (Å²) in [6.45, 7) is 4.10. The topological polar surface area (TPSA) is 75.3 Å². The van der Waals surface area contributed by atoms with Crippen molar-refractivity contribution in [1.29, 1.82) is 0 Å². The van der Waals surface area contributed by atoms with Crippen molar-refractivity contribution < 1.29 is 9.53 Å². The molecule has 2 heterocycles. The highest BCUT2D eigenvalue weighted by molar-refractivity contribution is 6.06. The first-order valence-corrected chi connectivity index (χ1v) is 9.95. The number of methoxy groups -OCH3 is 1. The van der Waals surface area contributed by atoms with Gasteiger partial charge in [-0.3, -0.25) is 14.6 Å². The number of ether oxygens (including phenoxy) is 1. The lowest BCUT2D eigenvalue weighted by atomic mass is 10.1. The highest BCUT2D eigenvalue weighted by Crippen LogP contribution is 2.26. The second-order valence-corrected chi connectivity index (χ2v) is 7.50. The third-order valence-corrected chi connectivity index (χ3v) is 5.26. The van der Waals surface area contributed by atoms with Crippen LogP contribution in [-0.2, 0) is 6.54 Å². The summed E-state index contributed by atoms with van der Waals surface area (Å²) in [5.74, 6) is 0.453. The summed E-state index contributed by atoms with van der Waals surface area (Å²) in [6, 6.07) is 16.7. The largest absolute Gasteiger partial charge is 0.497 e. The van der Waals surface area contributed by atoms with E-state index in [1.807, 2.05) is 50.2 Å². The lowest BCUT2D eigenvalue weighted by Gasteiger charge is -2.25. The molecule has 0 aliphatic rings. The average molecular weight is 413 g/mol. The molecule has 2 aromatic carbocycles. The normalized spacial score (nSPS) is 10.8. The van der Waals surface area contributed by atoms with E-state index in [9.17, 15) is 9.59 Å². The van der Waals surface area contributed by atoms with Crippen LogP contribution in [0, 0.1) is 13.8 Å². The number of amides is 1. The molecular formula is C25H23N3O3. The Morgan fingerprint density at radius 1 is 1.10 bits per heavy atom. The van der Waals surface area contributed by atoms with E-state index in [2.05, 4.69) is 9.97 Å². The van der Waals surface area contributed by atoms with Gasteiger partial charge in [0.15, 0.2) is 0 Å². The second-order valence-electron chi connectivity index (χ2n) is 7.50. The van der Waals surface area contributed by atoms with E-state index in [1.165, 1.54) is 6.20 Å². The van der Waals surface area contributed by atoms with E-state index in [4.69, 9.17) is 4.74 Å².